The lowest BCUT2D eigenvalue weighted by molar-refractivity contribution is 0.582. The minimum absolute atomic E-state index is 0.116. The van der Waals surface area contributed by atoms with Crippen molar-refractivity contribution in [2.75, 3.05) is 4.72 Å². The topological polar surface area (TPSA) is 90.0 Å². The number of nitrogens with zero attached hydrogens (tertiary/aromatic N) is 2. The molecule has 0 bridgehead atoms. The first-order valence-electron chi connectivity index (χ1n) is 5.74. The van der Waals surface area contributed by atoms with Crippen LogP contribution in [0.15, 0.2) is 35.5 Å². The molecular weight excluding hydrogens is 264 g/mol. The summed E-state index contributed by atoms with van der Waals surface area (Å²) in [5.74, 6) is 0. The Morgan fingerprint density at radius 2 is 2.11 bits per heavy atom. The van der Waals surface area contributed by atoms with Crippen LogP contribution in [0.1, 0.15) is 11.1 Å². The van der Waals surface area contributed by atoms with Gasteiger partial charge in [0.2, 0.25) is 0 Å². The van der Waals surface area contributed by atoms with Gasteiger partial charge in [0.25, 0.3) is 10.0 Å². The van der Waals surface area contributed by atoms with Gasteiger partial charge in [-0.2, -0.15) is 13.5 Å². The first kappa shape index (κ1) is 13.6. The van der Waals surface area contributed by atoms with Gasteiger partial charge in [-0.1, -0.05) is 12.1 Å². The third-order valence-electron chi connectivity index (χ3n) is 2.83. The highest BCUT2D eigenvalue weighted by molar-refractivity contribution is 7.92. The molecule has 102 valence electrons. The Morgan fingerprint density at radius 1 is 1.37 bits per heavy atom. The van der Waals surface area contributed by atoms with Crippen molar-refractivity contribution < 1.29 is 8.42 Å². The van der Waals surface area contributed by atoms with Crippen LogP contribution in [0, 0.1) is 6.92 Å². The maximum atomic E-state index is 12.2. The Bertz CT molecular complexity index is 692. The maximum absolute atomic E-state index is 12.2. The molecule has 1 aromatic heterocycles. The molecular formula is C12H16N4O2S. The van der Waals surface area contributed by atoms with Gasteiger partial charge in [-0.05, 0) is 30.2 Å². The molecule has 0 spiro atoms. The molecule has 0 aliphatic carbocycles. The summed E-state index contributed by atoms with van der Waals surface area (Å²) in [6.45, 7) is 2.20. The predicted octanol–water partition coefficient (Wildman–Crippen LogP) is 0.988. The quantitative estimate of drug-likeness (QED) is 0.873. The standard InChI is InChI=1S/C12H16N4O2S/c1-9-3-4-10(8-13)7-11(9)15-19(17,18)12-5-6-14-16(12)2/h3-7,15H,8,13H2,1-2H3. The van der Waals surface area contributed by atoms with E-state index < -0.39 is 10.0 Å². The SMILES string of the molecule is Cc1ccc(CN)cc1NS(=O)(=O)c1ccnn1C. The Hall–Kier alpha value is -1.86. The maximum Gasteiger partial charge on any atom is 0.279 e. The molecule has 0 atom stereocenters. The molecule has 1 heterocycles. The average Bonchev–Trinajstić information content (AvgIpc) is 2.79. The minimum Gasteiger partial charge on any atom is -0.326 e. The van der Waals surface area contributed by atoms with E-state index in [2.05, 4.69) is 9.82 Å². The third kappa shape index (κ3) is 2.77. The number of hydrogen-bond acceptors (Lipinski definition) is 4. The highest BCUT2D eigenvalue weighted by Gasteiger charge is 2.18. The van der Waals surface area contributed by atoms with Gasteiger partial charge in [-0.25, -0.2) is 0 Å². The predicted molar refractivity (Wildman–Crippen MR) is 73.1 cm³/mol. The van der Waals surface area contributed by atoms with Crippen molar-refractivity contribution in [1.82, 2.24) is 9.78 Å². The summed E-state index contributed by atoms with van der Waals surface area (Å²) in [7, 11) is -2.06. The van der Waals surface area contributed by atoms with Crippen molar-refractivity contribution in [2.45, 2.75) is 18.5 Å². The summed E-state index contributed by atoms with van der Waals surface area (Å²) in [4.78, 5) is 0. The smallest absolute Gasteiger partial charge is 0.279 e. The highest BCUT2D eigenvalue weighted by Crippen LogP contribution is 2.20. The zero-order chi connectivity index (χ0) is 14.0. The largest absolute Gasteiger partial charge is 0.326 e. The van der Waals surface area contributed by atoms with Crippen LogP contribution in [0.25, 0.3) is 0 Å². The van der Waals surface area contributed by atoms with E-state index in [4.69, 9.17) is 5.73 Å². The molecule has 6 nitrogen and oxygen atoms in total. The van der Waals surface area contributed by atoms with Gasteiger partial charge in [0.1, 0.15) is 0 Å². The molecule has 7 heteroatoms. The van der Waals surface area contributed by atoms with Crippen LogP contribution >= 0.6 is 0 Å². The summed E-state index contributed by atoms with van der Waals surface area (Å²) in [6.07, 6.45) is 1.44. The number of nitrogens with one attached hydrogen (secondary N) is 1. The number of rotatable bonds is 4. The molecule has 1 aromatic carbocycles. The fraction of sp³-hybridized carbons (Fsp3) is 0.250. The van der Waals surface area contributed by atoms with Crippen LogP contribution in [-0.2, 0) is 23.6 Å². The van der Waals surface area contributed by atoms with E-state index in [1.165, 1.54) is 16.9 Å². The van der Waals surface area contributed by atoms with E-state index in [0.717, 1.165) is 11.1 Å². The second kappa shape index (κ2) is 5.02. The van der Waals surface area contributed by atoms with Gasteiger partial charge in [-0.15, -0.1) is 0 Å². The van der Waals surface area contributed by atoms with Gasteiger partial charge >= 0.3 is 0 Å². The van der Waals surface area contributed by atoms with Crippen molar-refractivity contribution in [3.05, 3.63) is 41.6 Å². The van der Waals surface area contributed by atoms with Gasteiger partial charge in [0, 0.05) is 13.6 Å². The fourth-order valence-electron chi connectivity index (χ4n) is 1.73. The monoisotopic (exact) mass is 280 g/mol. The molecule has 0 amide bonds. The van der Waals surface area contributed by atoms with Crippen LogP contribution in [0.2, 0.25) is 0 Å². The van der Waals surface area contributed by atoms with E-state index >= 15 is 0 Å². The van der Waals surface area contributed by atoms with Gasteiger partial charge < -0.3 is 5.73 Å². The third-order valence-corrected chi connectivity index (χ3v) is 4.27. The highest BCUT2D eigenvalue weighted by atomic mass is 32.2. The fourth-order valence-corrected chi connectivity index (χ4v) is 2.98. The molecule has 0 saturated carbocycles. The number of anilines is 1. The summed E-state index contributed by atoms with van der Waals surface area (Å²) >= 11 is 0. The number of benzene rings is 1. The first-order valence-corrected chi connectivity index (χ1v) is 7.23. The Morgan fingerprint density at radius 3 is 2.68 bits per heavy atom. The first-order chi connectivity index (χ1) is 8.94. The second-order valence-corrected chi connectivity index (χ2v) is 5.88. The summed E-state index contributed by atoms with van der Waals surface area (Å²) in [5, 5.41) is 3.97. The van der Waals surface area contributed by atoms with E-state index in [1.807, 2.05) is 19.1 Å². The van der Waals surface area contributed by atoms with Gasteiger partial charge in [0.15, 0.2) is 5.03 Å². The Kier molecular flexibility index (Phi) is 3.59. The second-order valence-electron chi connectivity index (χ2n) is 4.25. The van der Waals surface area contributed by atoms with Crippen LogP contribution in [0.4, 0.5) is 5.69 Å². The van der Waals surface area contributed by atoms with Crippen molar-refractivity contribution >= 4 is 15.7 Å². The number of nitrogens with two attached hydrogens (primary N) is 1. The van der Waals surface area contributed by atoms with E-state index in [1.54, 1.807) is 13.1 Å². The van der Waals surface area contributed by atoms with Gasteiger partial charge in [0.05, 0.1) is 11.9 Å². The summed E-state index contributed by atoms with van der Waals surface area (Å²) in [6, 6.07) is 6.90. The molecule has 0 radical (unpaired) electrons. The zero-order valence-corrected chi connectivity index (χ0v) is 11.6. The van der Waals surface area contributed by atoms with E-state index in [-0.39, 0.29) is 5.03 Å². The molecule has 0 unspecified atom stereocenters. The molecule has 0 saturated heterocycles. The molecule has 0 aliphatic rings. The number of sulfonamides is 1. The molecule has 2 aromatic rings. The lowest BCUT2D eigenvalue weighted by Crippen LogP contribution is -2.17. The van der Waals surface area contributed by atoms with Crippen molar-refractivity contribution in [1.29, 1.82) is 0 Å². The lowest BCUT2D eigenvalue weighted by Gasteiger charge is -2.11. The lowest BCUT2D eigenvalue weighted by atomic mass is 10.1. The van der Waals surface area contributed by atoms with Crippen LogP contribution < -0.4 is 10.5 Å². The van der Waals surface area contributed by atoms with E-state index in [9.17, 15) is 8.42 Å². The molecule has 3 N–H and O–H groups in total. The summed E-state index contributed by atoms with van der Waals surface area (Å²) < 4.78 is 28.3. The average molecular weight is 280 g/mol. The Balaban J connectivity index is 2.38. The molecule has 19 heavy (non-hydrogen) atoms. The van der Waals surface area contributed by atoms with Gasteiger partial charge in [-0.3, -0.25) is 9.40 Å². The van der Waals surface area contributed by atoms with Crippen LogP contribution in [-0.4, -0.2) is 18.2 Å². The summed E-state index contributed by atoms with van der Waals surface area (Å²) in [5.41, 5.74) is 7.80. The number of aryl methyl sites for hydroxylation is 2. The molecule has 0 fully saturated rings. The van der Waals surface area contributed by atoms with Crippen molar-refractivity contribution in [2.24, 2.45) is 12.8 Å². The minimum atomic E-state index is -3.64. The number of aromatic nitrogens is 2. The Labute approximate surface area is 112 Å². The molecule has 0 aliphatic heterocycles. The zero-order valence-electron chi connectivity index (χ0n) is 10.8. The van der Waals surface area contributed by atoms with E-state index in [0.29, 0.717) is 12.2 Å². The van der Waals surface area contributed by atoms with Crippen LogP contribution in [0.3, 0.4) is 0 Å². The normalized spacial score (nSPS) is 11.5. The van der Waals surface area contributed by atoms with Crippen molar-refractivity contribution in [3.63, 3.8) is 0 Å². The number of hydrogen-bond donors (Lipinski definition) is 2. The van der Waals surface area contributed by atoms with Crippen molar-refractivity contribution in [3.8, 4) is 0 Å². The van der Waals surface area contributed by atoms with Crippen LogP contribution in [0.5, 0.6) is 0 Å². The molecule has 2 rings (SSSR count).